The Morgan fingerprint density at radius 1 is 0.621 bits per heavy atom. The van der Waals surface area contributed by atoms with Gasteiger partial charge in [0.25, 0.3) is 0 Å². The van der Waals surface area contributed by atoms with Crippen LogP contribution in [0.25, 0.3) is 11.3 Å². The SMILES string of the molecule is COc1ccc(C(c2ccc(OC)cc2)c2cccc(-c3ccccn3)c2)cc1. The van der Waals surface area contributed by atoms with Crippen molar-refractivity contribution in [3.8, 4) is 22.8 Å². The van der Waals surface area contributed by atoms with E-state index >= 15 is 0 Å². The molecule has 1 heterocycles. The molecule has 0 aliphatic rings. The van der Waals surface area contributed by atoms with Gasteiger partial charge in [-0.05, 0) is 59.2 Å². The maximum absolute atomic E-state index is 5.34. The average Bonchev–Trinajstić information content (AvgIpc) is 2.81. The number of aromatic nitrogens is 1. The van der Waals surface area contributed by atoms with Crippen LogP contribution >= 0.6 is 0 Å². The fraction of sp³-hybridized carbons (Fsp3) is 0.115. The highest BCUT2D eigenvalue weighted by atomic mass is 16.5. The number of nitrogens with zero attached hydrogens (tertiary/aromatic N) is 1. The highest BCUT2D eigenvalue weighted by Crippen LogP contribution is 2.35. The first-order chi connectivity index (χ1) is 14.3. The first-order valence-corrected chi connectivity index (χ1v) is 9.58. The van der Waals surface area contributed by atoms with E-state index in [0.717, 1.165) is 22.8 Å². The molecule has 0 saturated carbocycles. The average molecular weight is 381 g/mol. The second kappa shape index (κ2) is 8.61. The van der Waals surface area contributed by atoms with Crippen LogP contribution in [0.3, 0.4) is 0 Å². The van der Waals surface area contributed by atoms with E-state index in [1.807, 2.05) is 48.7 Å². The molecule has 0 amide bonds. The zero-order valence-electron chi connectivity index (χ0n) is 16.6. The first-order valence-electron chi connectivity index (χ1n) is 9.58. The first kappa shape index (κ1) is 18.8. The predicted molar refractivity (Wildman–Crippen MR) is 117 cm³/mol. The van der Waals surface area contributed by atoms with Gasteiger partial charge in [0.05, 0.1) is 19.9 Å². The third-order valence-corrected chi connectivity index (χ3v) is 5.08. The molecule has 0 spiro atoms. The maximum atomic E-state index is 5.34. The van der Waals surface area contributed by atoms with Crippen molar-refractivity contribution >= 4 is 0 Å². The van der Waals surface area contributed by atoms with Crippen LogP contribution in [0, 0.1) is 0 Å². The third-order valence-electron chi connectivity index (χ3n) is 5.08. The zero-order chi connectivity index (χ0) is 20.1. The second-order valence-electron chi connectivity index (χ2n) is 6.82. The number of benzene rings is 3. The van der Waals surface area contributed by atoms with Crippen molar-refractivity contribution in [2.24, 2.45) is 0 Å². The number of rotatable bonds is 6. The van der Waals surface area contributed by atoms with Crippen molar-refractivity contribution in [1.82, 2.24) is 4.98 Å². The summed E-state index contributed by atoms with van der Waals surface area (Å²) in [6.45, 7) is 0. The summed E-state index contributed by atoms with van der Waals surface area (Å²) in [6.07, 6.45) is 1.83. The van der Waals surface area contributed by atoms with Crippen LogP contribution in [-0.4, -0.2) is 19.2 Å². The van der Waals surface area contributed by atoms with Gasteiger partial charge >= 0.3 is 0 Å². The molecule has 4 aromatic rings. The summed E-state index contributed by atoms with van der Waals surface area (Å²) in [5.41, 5.74) is 5.69. The number of ether oxygens (including phenoxy) is 2. The van der Waals surface area contributed by atoms with E-state index in [0.29, 0.717) is 0 Å². The van der Waals surface area contributed by atoms with Gasteiger partial charge in [0, 0.05) is 17.7 Å². The highest BCUT2D eigenvalue weighted by molar-refractivity contribution is 5.61. The molecule has 3 nitrogen and oxygen atoms in total. The van der Waals surface area contributed by atoms with E-state index in [4.69, 9.17) is 9.47 Å². The summed E-state index contributed by atoms with van der Waals surface area (Å²) >= 11 is 0. The maximum Gasteiger partial charge on any atom is 0.118 e. The predicted octanol–water partition coefficient (Wildman–Crippen LogP) is 5.95. The van der Waals surface area contributed by atoms with Gasteiger partial charge in [0.1, 0.15) is 11.5 Å². The normalized spacial score (nSPS) is 10.7. The van der Waals surface area contributed by atoms with Crippen molar-refractivity contribution in [2.75, 3.05) is 14.2 Å². The smallest absolute Gasteiger partial charge is 0.118 e. The molecule has 4 rings (SSSR count). The van der Waals surface area contributed by atoms with E-state index in [-0.39, 0.29) is 5.92 Å². The molecule has 29 heavy (non-hydrogen) atoms. The standard InChI is InChI=1S/C26H23NO2/c1-28-23-13-9-19(10-14-23)26(20-11-15-24(29-2)16-12-20)22-7-5-6-21(18-22)25-8-3-4-17-27-25/h3-18,26H,1-2H3. The monoisotopic (exact) mass is 381 g/mol. The molecule has 1 aromatic heterocycles. The van der Waals surface area contributed by atoms with E-state index in [1.165, 1.54) is 16.7 Å². The van der Waals surface area contributed by atoms with E-state index in [9.17, 15) is 0 Å². The fourth-order valence-electron chi connectivity index (χ4n) is 3.58. The Kier molecular flexibility index (Phi) is 5.57. The Balaban J connectivity index is 1.81. The van der Waals surface area contributed by atoms with Crippen LogP contribution in [0.15, 0.2) is 97.2 Å². The molecule has 0 radical (unpaired) electrons. The van der Waals surface area contributed by atoms with E-state index in [1.54, 1.807) is 14.2 Å². The lowest BCUT2D eigenvalue weighted by Gasteiger charge is -2.20. The molecule has 0 unspecified atom stereocenters. The lowest BCUT2D eigenvalue weighted by atomic mass is 9.84. The summed E-state index contributed by atoms with van der Waals surface area (Å²) in [5.74, 6) is 1.80. The summed E-state index contributed by atoms with van der Waals surface area (Å²) in [7, 11) is 3.37. The van der Waals surface area contributed by atoms with Crippen LogP contribution < -0.4 is 9.47 Å². The molecule has 0 N–H and O–H groups in total. The lowest BCUT2D eigenvalue weighted by molar-refractivity contribution is 0.414. The van der Waals surface area contributed by atoms with E-state index in [2.05, 4.69) is 53.5 Å². The van der Waals surface area contributed by atoms with Crippen LogP contribution in [0.5, 0.6) is 11.5 Å². The minimum Gasteiger partial charge on any atom is -0.497 e. The summed E-state index contributed by atoms with van der Waals surface area (Å²) in [6, 6.07) is 31.1. The second-order valence-corrected chi connectivity index (χ2v) is 6.82. The molecule has 3 aromatic carbocycles. The Morgan fingerprint density at radius 3 is 1.76 bits per heavy atom. The largest absolute Gasteiger partial charge is 0.497 e. The molecule has 0 saturated heterocycles. The molecular formula is C26H23NO2. The molecule has 0 aliphatic heterocycles. The van der Waals surface area contributed by atoms with Gasteiger partial charge in [-0.15, -0.1) is 0 Å². The van der Waals surface area contributed by atoms with Crippen molar-refractivity contribution in [1.29, 1.82) is 0 Å². The fourth-order valence-corrected chi connectivity index (χ4v) is 3.58. The van der Waals surface area contributed by atoms with Gasteiger partial charge in [-0.3, -0.25) is 4.98 Å². The highest BCUT2D eigenvalue weighted by Gasteiger charge is 2.18. The van der Waals surface area contributed by atoms with Gasteiger partial charge in [0.15, 0.2) is 0 Å². The third kappa shape index (κ3) is 4.14. The van der Waals surface area contributed by atoms with Crippen LogP contribution in [0.1, 0.15) is 22.6 Å². The van der Waals surface area contributed by atoms with Crippen molar-refractivity contribution < 1.29 is 9.47 Å². The summed E-state index contributed by atoms with van der Waals surface area (Å²) < 4.78 is 10.7. The summed E-state index contributed by atoms with van der Waals surface area (Å²) in [4.78, 5) is 4.51. The molecule has 0 bridgehead atoms. The molecule has 0 fully saturated rings. The van der Waals surface area contributed by atoms with Gasteiger partial charge in [-0.2, -0.15) is 0 Å². The molecular weight excluding hydrogens is 358 g/mol. The summed E-state index contributed by atoms with van der Waals surface area (Å²) in [5, 5.41) is 0. The molecule has 0 atom stereocenters. The minimum absolute atomic E-state index is 0.0930. The Morgan fingerprint density at radius 2 is 1.24 bits per heavy atom. The van der Waals surface area contributed by atoms with Gasteiger partial charge in [0.2, 0.25) is 0 Å². The van der Waals surface area contributed by atoms with E-state index < -0.39 is 0 Å². The van der Waals surface area contributed by atoms with Crippen molar-refractivity contribution in [2.45, 2.75) is 5.92 Å². The number of hydrogen-bond donors (Lipinski definition) is 0. The minimum atomic E-state index is 0.0930. The lowest BCUT2D eigenvalue weighted by Crippen LogP contribution is -2.04. The molecule has 3 heteroatoms. The van der Waals surface area contributed by atoms with Crippen LogP contribution in [0.4, 0.5) is 0 Å². The Bertz CT molecular complexity index is 1010. The topological polar surface area (TPSA) is 31.4 Å². The Labute approximate surface area is 171 Å². The van der Waals surface area contributed by atoms with Crippen LogP contribution in [0.2, 0.25) is 0 Å². The van der Waals surface area contributed by atoms with Gasteiger partial charge < -0.3 is 9.47 Å². The van der Waals surface area contributed by atoms with Crippen molar-refractivity contribution in [3.63, 3.8) is 0 Å². The number of hydrogen-bond acceptors (Lipinski definition) is 3. The molecule has 0 aliphatic carbocycles. The quantitative estimate of drug-likeness (QED) is 0.387. The molecule has 144 valence electrons. The van der Waals surface area contributed by atoms with Gasteiger partial charge in [-0.1, -0.05) is 48.5 Å². The van der Waals surface area contributed by atoms with Crippen LogP contribution in [-0.2, 0) is 0 Å². The van der Waals surface area contributed by atoms with Gasteiger partial charge in [-0.25, -0.2) is 0 Å². The Hall–Kier alpha value is -3.59. The number of pyridine rings is 1. The zero-order valence-corrected chi connectivity index (χ0v) is 16.6. The van der Waals surface area contributed by atoms with Crippen molar-refractivity contribution in [3.05, 3.63) is 114 Å². The number of methoxy groups -OCH3 is 2.